The third-order valence-electron chi connectivity index (χ3n) is 3.14. The number of anilines is 2. The van der Waals surface area contributed by atoms with Crippen molar-refractivity contribution in [3.63, 3.8) is 0 Å². The number of nitrogens with one attached hydrogen (secondary N) is 2. The summed E-state index contributed by atoms with van der Waals surface area (Å²) in [6.45, 7) is 0. The first-order valence-electron chi connectivity index (χ1n) is 6.99. The van der Waals surface area contributed by atoms with E-state index in [1.807, 2.05) is 0 Å². The fraction of sp³-hybridized carbons (Fsp3) is 0. The van der Waals surface area contributed by atoms with Crippen LogP contribution in [0.4, 0.5) is 10.8 Å². The summed E-state index contributed by atoms with van der Waals surface area (Å²) in [5.74, 6) is -0.510. The lowest BCUT2D eigenvalue weighted by molar-refractivity contribution is 0.101. The second-order valence-corrected chi connectivity index (χ2v) is 6.64. The highest BCUT2D eigenvalue weighted by molar-refractivity contribution is 9.10. The van der Waals surface area contributed by atoms with Gasteiger partial charge in [0.05, 0.1) is 0 Å². The standard InChI is InChI=1S/C17H12BrN3O2S/c18-13-6-4-11(5-7-13)15(22)20-14-3-1-2-12(10-14)16(23)21-17-19-8-9-24-17/h1-10H,(H,20,22)(H,19,21,23). The number of amides is 2. The van der Waals surface area contributed by atoms with E-state index in [1.54, 1.807) is 60.1 Å². The molecule has 2 N–H and O–H groups in total. The molecule has 5 nitrogen and oxygen atoms in total. The van der Waals surface area contributed by atoms with Gasteiger partial charge in [0.25, 0.3) is 11.8 Å². The van der Waals surface area contributed by atoms with Crippen molar-refractivity contribution in [3.8, 4) is 0 Å². The van der Waals surface area contributed by atoms with Crippen LogP contribution in [0.1, 0.15) is 20.7 Å². The molecule has 0 aliphatic heterocycles. The van der Waals surface area contributed by atoms with Gasteiger partial charge in [-0.2, -0.15) is 0 Å². The molecule has 0 spiro atoms. The van der Waals surface area contributed by atoms with E-state index in [-0.39, 0.29) is 11.8 Å². The number of carbonyl (C=O) groups excluding carboxylic acids is 2. The molecular formula is C17H12BrN3O2S. The number of carbonyl (C=O) groups is 2. The van der Waals surface area contributed by atoms with Crippen LogP contribution in [0.2, 0.25) is 0 Å². The highest BCUT2D eigenvalue weighted by Crippen LogP contribution is 2.17. The van der Waals surface area contributed by atoms with Gasteiger partial charge in [0.2, 0.25) is 0 Å². The Morgan fingerprint density at radius 1 is 0.958 bits per heavy atom. The first-order chi connectivity index (χ1) is 11.6. The number of aromatic nitrogens is 1. The Morgan fingerprint density at radius 3 is 2.42 bits per heavy atom. The van der Waals surface area contributed by atoms with Crippen LogP contribution in [0, 0.1) is 0 Å². The third-order valence-corrected chi connectivity index (χ3v) is 4.36. The number of hydrogen-bond acceptors (Lipinski definition) is 4. The fourth-order valence-corrected chi connectivity index (χ4v) is 2.79. The minimum atomic E-state index is -0.273. The van der Waals surface area contributed by atoms with Gasteiger partial charge < -0.3 is 5.32 Å². The first kappa shape index (κ1) is 16.4. The molecule has 1 aromatic heterocycles. The molecule has 0 radical (unpaired) electrons. The van der Waals surface area contributed by atoms with Gasteiger partial charge in [-0.3, -0.25) is 14.9 Å². The Balaban J connectivity index is 1.71. The van der Waals surface area contributed by atoms with Crippen molar-refractivity contribution in [2.75, 3.05) is 10.6 Å². The normalized spacial score (nSPS) is 10.2. The summed E-state index contributed by atoms with van der Waals surface area (Å²) in [5, 5.41) is 7.81. The molecular weight excluding hydrogens is 390 g/mol. The van der Waals surface area contributed by atoms with Crippen LogP contribution in [0.5, 0.6) is 0 Å². The number of halogens is 1. The van der Waals surface area contributed by atoms with E-state index in [9.17, 15) is 9.59 Å². The smallest absolute Gasteiger partial charge is 0.257 e. The molecule has 120 valence electrons. The lowest BCUT2D eigenvalue weighted by Gasteiger charge is -2.07. The van der Waals surface area contributed by atoms with Crippen LogP contribution in [-0.4, -0.2) is 16.8 Å². The molecule has 0 aliphatic carbocycles. The minimum Gasteiger partial charge on any atom is -0.322 e. The topological polar surface area (TPSA) is 71.1 Å². The molecule has 0 bridgehead atoms. The number of rotatable bonds is 4. The van der Waals surface area contributed by atoms with Gasteiger partial charge in [0.15, 0.2) is 5.13 Å². The van der Waals surface area contributed by atoms with Gasteiger partial charge in [0, 0.05) is 32.9 Å². The second kappa shape index (κ2) is 7.37. The second-order valence-electron chi connectivity index (χ2n) is 4.83. The Hall–Kier alpha value is -2.51. The molecule has 3 aromatic rings. The summed E-state index contributed by atoms with van der Waals surface area (Å²) in [7, 11) is 0. The number of hydrogen-bond donors (Lipinski definition) is 2. The van der Waals surface area contributed by atoms with Crippen molar-refractivity contribution in [2.24, 2.45) is 0 Å². The molecule has 0 fully saturated rings. The SMILES string of the molecule is O=C(Nc1cccc(C(=O)Nc2nccs2)c1)c1ccc(Br)cc1. The fourth-order valence-electron chi connectivity index (χ4n) is 2.00. The average molecular weight is 402 g/mol. The van der Waals surface area contributed by atoms with Crippen LogP contribution in [0.15, 0.2) is 64.6 Å². The van der Waals surface area contributed by atoms with Gasteiger partial charge in [-0.25, -0.2) is 4.98 Å². The summed E-state index contributed by atoms with van der Waals surface area (Å²) >= 11 is 4.67. The zero-order chi connectivity index (χ0) is 16.9. The molecule has 2 aromatic carbocycles. The van der Waals surface area contributed by atoms with E-state index in [0.717, 1.165) is 4.47 Å². The Morgan fingerprint density at radius 2 is 1.71 bits per heavy atom. The van der Waals surface area contributed by atoms with Crippen molar-refractivity contribution in [1.82, 2.24) is 4.98 Å². The monoisotopic (exact) mass is 401 g/mol. The molecule has 7 heteroatoms. The third kappa shape index (κ3) is 4.06. The van der Waals surface area contributed by atoms with Crippen LogP contribution < -0.4 is 10.6 Å². The predicted molar refractivity (Wildman–Crippen MR) is 98.6 cm³/mol. The summed E-state index contributed by atoms with van der Waals surface area (Å²) in [6, 6.07) is 13.8. The van der Waals surface area contributed by atoms with E-state index < -0.39 is 0 Å². The highest BCUT2D eigenvalue weighted by atomic mass is 79.9. The average Bonchev–Trinajstić information content (AvgIpc) is 3.08. The van der Waals surface area contributed by atoms with Crippen LogP contribution in [-0.2, 0) is 0 Å². The molecule has 0 saturated heterocycles. The van der Waals surface area contributed by atoms with Crippen LogP contribution >= 0.6 is 27.3 Å². The zero-order valence-electron chi connectivity index (χ0n) is 12.3. The van der Waals surface area contributed by atoms with Gasteiger partial charge in [-0.1, -0.05) is 22.0 Å². The van der Waals surface area contributed by atoms with Gasteiger partial charge >= 0.3 is 0 Å². The Labute approximate surface area is 150 Å². The van der Waals surface area contributed by atoms with Gasteiger partial charge in [-0.15, -0.1) is 11.3 Å². The highest BCUT2D eigenvalue weighted by Gasteiger charge is 2.10. The van der Waals surface area contributed by atoms with Crippen molar-refractivity contribution in [2.45, 2.75) is 0 Å². The molecule has 0 atom stereocenters. The Kier molecular flexibility index (Phi) is 5.02. The molecule has 1 heterocycles. The van der Waals surface area contributed by atoms with Crippen LogP contribution in [0.3, 0.4) is 0 Å². The van der Waals surface area contributed by atoms with E-state index in [4.69, 9.17) is 0 Å². The van der Waals surface area contributed by atoms with Crippen LogP contribution in [0.25, 0.3) is 0 Å². The van der Waals surface area contributed by atoms with Crippen molar-refractivity contribution >= 4 is 49.9 Å². The Bertz CT molecular complexity index is 864. The maximum Gasteiger partial charge on any atom is 0.257 e. The molecule has 0 saturated carbocycles. The van der Waals surface area contributed by atoms with Gasteiger partial charge in [-0.05, 0) is 42.5 Å². The van der Waals surface area contributed by atoms with E-state index in [2.05, 4.69) is 31.5 Å². The lowest BCUT2D eigenvalue weighted by Crippen LogP contribution is -2.14. The largest absolute Gasteiger partial charge is 0.322 e. The molecule has 0 unspecified atom stereocenters. The molecule has 0 aliphatic rings. The molecule has 24 heavy (non-hydrogen) atoms. The quantitative estimate of drug-likeness (QED) is 0.679. The summed E-state index contributed by atoms with van der Waals surface area (Å²) in [4.78, 5) is 28.4. The van der Waals surface area contributed by atoms with Crippen molar-refractivity contribution < 1.29 is 9.59 Å². The number of thiazole rings is 1. The maximum absolute atomic E-state index is 12.2. The van der Waals surface area contributed by atoms with E-state index >= 15 is 0 Å². The minimum absolute atomic E-state index is 0.236. The van der Waals surface area contributed by atoms with E-state index in [1.165, 1.54) is 11.3 Å². The van der Waals surface area contributed by atoms with Gasteiger partial charge in [0.1, 0.15) is 0 Å². The zero-order valence-corrected chi connectivity index (χ0v) is 14.7. The lowest BCUT2D eigenvalue weighted by atomic mass is 10.1. The summed E-state index contributed by atoms with van der Waals surface area (Å²) in [6.07, 6.45) is 1.62. The number of nitrogens with zero attached hydrogens (tertiary/aromatic N) is 1. The number of benzene rings is 2. The first-order valence-corrected chi connectivity index (χ1v) is 8.67. The van der Waals surface area contributed by atoms with Crippen molar-refractivity contribution in [1.29, 1.82) is 0 Å². The van der Waals surface area contributed by atoms with Crippen molar-refractivity contribution in [3.05, 3.63) is 75.7 Å². The predicted octanol–water partition coefficient (Wildman–Crippen LogP) is 4.41. The summed E-state index contributed by atoms with van der Waals surface area (Å²) in [5.41, 5.74) is 1.53. The molecule has 3 rings (SSSR count). The molecule has 2 amide bonds. The summed E-state index contributed by atoms with van der Waals surface area (Å²) < 4.78 is 0.903. The van der Waals surface area contributed by atoms with E-state index in [0.29, 0.717) is 21.9 Å². The maximum atomic E-state index is 12.2.